The summed E-state index contributed by atoms with van der Waals surface area (Å²) in [5.74, 6) is 0.0556. The quantitative estimate of drug-likeness (QED) is 0.897. The Balaban J connectivity index is 1.72. The number of carboxylic acids is 1. The van der Waals surface area contributed by atoms with Crippen molar-refractivity contribution in [3.63, 3.8) is 0 Å². The molecule has 3 rings (SSSR count). The van der Waals surface area contributed by atoms with Crippen LogP contribution >= 0.6 is 0 Å². The normalized spacial score (nSPS) is 32.8. The van der Waals surface area contributed by atoms with Crippen LogP contribution < -0.4 is 0 Å². The lowest BCUT2D eigenvalue weighted by atomic mass is 9.65. The van der Waals surface area contributed by atoms with E-state index in [4.69, 9.17) is 4.74 Å². The van der Waals surface area contributed by atoms with Gasteiger partial charge in [0.2, 0.25) is 0 Å². The second-order valence-corrected chi connectivity index (χ2v) is 6.96. The minimum absolute atomic E-state index is 0.143. The van der Waals surface area contributed by atoms with Gasteiger partial charge in [0.1, 0.15) is 0 Å². The van der Waals surface area contributed by atoms with Gasteiger partial charge in [0.05, 0.1) is 17.6 Å². The predicted molar refractivity (Wildman–Crippen MR) is 81.3 cm³/mol. The topological polar surface area (TPSA) is 46.5 Å². The summed E-state index contributed by atoms with van der Waals surface area (Å²) in [6.07, 6.45) is 5.54. The van der Waals surface area contributed by atoms with E-state index < -0.39 is 11.4 Å². The fraction of sp³-hybridized carbons (Fsp3) is 0.611. The Hall–Kier alpha value is -1.35. The third kappa shape index (κ3) is 2.98. The van der Waals surface area contributed by atoms with E-state index >= 15 is 0 Å². The summed E-state index contributed by atoms with van der Waals surface area (Å²) in [5.41, 5.74) is 0.0572. The van der Waals surface area contributed by atoms with Gasteiger partial charge >= 0.3 is 5.97 Å². The summed E-state index contributed by atoms with van der Waals surface area (Å²) >= 11 is 0. The molecule has 21 heavy (non-hydrogen) atoms. The number of hydrogen-bond donors (Lipinski definition) is 1. The zero-order chi connectivity index (χ0) is 14.9. The molecule has 2 aliphatic rings. The molecule has 2 fully saturated rings. The molecular formula is C18H24O3. The Morgan fingerprint density at radius 1 is 1.19 bits per heavy atom. The number of rotatable bonds is 5. The number of benzene rings is 1. The summed E-state index contributed by atoms with van der Waals surface area (Å²) in [7, 11) is 0. The molecule has 0 heterocycles. The zero-order valence-electron chi connectivity index (χ0n) is 12.7. The van der Waals surface area contributed by atoms with Crippen LogP contribution in [0.2, 0.25) is 0 Å². The second kappa shape index (κ2) is 5.45. The summed E-state index contributed by atoms with van der Waals surface area (Å²) in [6.45, 7) is 2.99. The van der Waals surface area contributed by atoms with Crippen LogP contribution in [0.1, 0.15) is 51.0 Å². The molecule has 3 nitrogen and oxygen atoms in total. The molecule has 0 radical (unpaired) electrons. The van der Waals surface area contributed by atoms with Gasteiger partial charge in [-0.05, 0) is 56.9 Å². The van der Waals surface area contributed by atoms with Gasteiger partial charge in [0.25, 0.3) is 0 Å². The van der Waals surface area contributed by atoms with E-state index in [0.29, 0.717) is 12.8 Å². The van der Waals surface area contributed by atoms with Crippen molar-refractivity contribution in [2.24, 2.45) is 5.92 Å². The highest BCUT2D eigenvalue weighted by Crippen LogP contribution is 2.45. The predicted octanol–water partition coefficient (Wildman–Crippen LogP) is 3.77. The largest absolute Gasteiger partial charge is 0.481 e. The van der Waals surface area contributed by atoms with Crippen molar-refractivity contribution in [1.82, 2.24) is 0 Å². The molecule has 0 unspecified atom stereocenters. The molecule has 1 N–H and O–H groups in total. The first-order valence-corrected chi connectivity index (χ1v) is 7.97. The van der Waals surface area contributed by atoms with Gasteiger partial charge in [0.15, 0.2) is 0 Å². The molecule has 0 atom stereocenters. The van der Waals surface area contributed by atoms with Gasteiger partial charge in [-0.1, -0.05) is 30.3 Å². The smallest absolute Gasteiger partial charge is 0.314 e. The minimum atomic E-state index is -0.732. The SMILES string of the molecule is C[C@]1(OCC2CC2)CC[C@](C(=O)O)(c2ccccc2)CC1. The van der Waals surface area contributed by atoms with E-state index in [1.54, 1.807) is 0 Å². The molecule has 0 amide bonds. The summed E-state index contributed by atoms with van der Waals surface area (Å²) < 4.78 is 6.11. The molecule has 3 heteroatoms. The van der Waals surface area contributed by atoms with Crippen LogP contribution in [0, 0.1) is 5.92 Å². The Labute approximate surface area is 126 Å². The average molecular weight is 288 g/mol. The summed E-state index contributed by atoms with van der Waals surface area (Å²) in [4.78, 5) is 11.9. The fourth-order valence-corrected chi connectivity index (χ4v) is 3.34. The Kier molecular flexibility index (Phi) is 3.78. The first kappa shape index (κ1) is 14.6. The van der Waals surface area contributed by atoms with E-state index in [1.807, 2.05) is 30.3 Å². The van der Waals surface area contributed by atoms with Gasteiger partial charge in [0, 0.05) is 0 Å². The molecule has 0 aliphatic heterocycles. The van der Waals surface area contributed by atoms with Crippen molar-refractivity contribution in [2.45, 2.75) is 56.5 Å². The Bertz CT molecular complexity index is 496. The lowest BCUT2D eigenvalue weighted by Gasteiger charge is -2.42. The van der Waals surface area contributed by atoms with Gasteiger partial charge in [-0.2, -0.15) is 0 Å². The van der Waals surface area contributed by atoms with Crippen LogP contribution in [-0.4, -0.2) is 23.3 Å². The van der Waals surface area contributed by atoms with E-state index in [2.05, 4.69) is 6.92 Å². The molecule has 2 aliphatic carbocycles. The first-order chi connectivity index (χ1) is 10.0. The van der Waals surface area contributed by atoms with Crippen molar-refractivity contribution in [2.75, 3.05) is 6.61 Å². The van der Waals surface area contributed by atoms with Crippen LogP contribution in [-0.2, 0) is 14.9 Å². The maximum Gasteiger partial charge on any atom is 0.314 e. The number of ether oxygens (including phenoxy) is 1. The molecule has 0 bridgehead atoms. The fourth-order valence-electron chi connectivity index (χ4n) is 3.34. The third-order valence-electron chi connectivity index (χ3n) is 5.26. The second-order valence-electron chi connectivity index (χ2n) is 6.96. The van der Waals surface area contributed by atoms with E-state index in [9.17, 15) is 9.90 Å². The van der Waals surface area contributed by atoms with Gasteiger partial charge < -0.3 is 9.84 Å². The molecule has 0 aromatic heterocycles. The highest BCUT2D eigenvalue weighted by Gasteiger charge is 2.47. The molecule has 2 saturated carbocycles. The van der Waals surface area contributed by atoms with Gasteiger partial charge in [-0.25, -0.2) is 0 Å². The van der Waals surface area contributed by atoms with E-state index in [0.717, 1.165) is 30.9 Å². The van der Waals surface area contributed by atoms with Crippen LogP contribution in [0.4, 0.5) is 0 Å². The lowest BCUT2D eigenvalue weighted by Crippen LogP contribution is -2.45. The van der Waals surface area contributed by atoms with Crippen LogP contribution in [0.3, 0.4) is 0 Å². The average Bonchev–Trinajstić information content (AvgIpc) is 3.31. The lowest BCUT2D eigenvalue weighted by molar-refractivity contribution is -0.149. The van der Waals surface area contributed by atoms with Crippen LogP contribution in [0.15, 0.2) is 30.3 Å². The maximum absolute atomic E-state index is 11.9. The number of hydrogen-bond acceptors (Lipinski definition) is 2. The molecule has 1 aromatic carbocycles. The number of aliphatic carboxylic acids is 1. The number of carbonyl (C=O) groups is 1. The summed E-state index contributed by atoms with van der Waals surface area (Å²) in [6, 6.07) is 9.68. The number of carboxylic acid groups (broad SMARTS) is 1. The first-order valence-electron chi connectivity index (χ1n) is 7.97. The molecule has 0 spiro atoms. The molecule has 1 aromatic rings. The van der Waals surface area contributed by atoms with Crippen LogP contribution in [0.5, 0.6) is 0 Å². The van der Waals surface area contributed by atoms with Gasteiger partial charge in [-0.15, -0.1) is 0 Å². The minimum Gasteiger partial charge on any atom is -0.481 e. The molecule has 0 saturated heterocycles. The van der Waals surface area contributed by atoms with Gasteiger partial charge in [-0.3, -0.25) is 4.79 Å². The Morgan fingerprint density at radius 3 is 2.33 bits per heavy atom. The van der Waals surface area contributed by atoms with Crippen molar-refractivity contribution < 1.29 is 14.6 Å². The highest BCUT2D eigenvalue weighted by atomic mass is 16.5. The van der Waals surface area contributed by atoms with E-state index in [-0.39, 0.29) is 5.60 Å². The Morgan fingerprint density at radius 2 is 1.81 bits per heavy atom. The van der Waals surface area contributed by atoms with Crippen molar-refractivity contribution in [1.29, 1.82) is 0 Å². The third-order valence-corrected chi connectivity index (χ3v) is 5.26. The molecule has 114 valence electrons. The van der Waals surface area contributed by atoms with Crippen molar-refractivity contribution in [3.8, 4) is 0 Å². The zero-order valence-corrected chi connectivity index (χ0v) is 12.7. The molecular weight excluding hydrogens is 264 g/mol. The van der Waals surface area contributed by atoms with Crippen molar-refractivity contribution in [3.05, 3.63) is 35.9 Å². The van der Waals surface area contributed by atoms with Crippen LogP contribution in [0.25, 0.3) is 0 Å². The standard InChI is InChI=1S/C18H24O3/c1-17(21-13-14-7-8-14)9-11-18(12-10-17,16(19)20)15-5-3-2-4-6-15/h2-6,14H,7-13H2,1H3,(H,19,20)/t17-,18+. The highest BCUT2D eigenvalue weighted by molar-refractivity contribution is 5.81. The van der Waals surface area contributed by atoms with Crippen molar-refractivity contribution >= 4 is 5.97 Å². The maximum atomic E-state index is 11.9. The van der Waals surface area contributed by atoms with E-state index in [1.165, 1.54) is 12.8 Å². The monoisotopic (exact) mass is 288 g/mol. The summed E-state index contributed by atoms with van der Waals surface area (Å²) in [5, 5.41) is 9.80.